The van der Waals surface area contributed by atoms with Crippen molar-refractivity contribution in [3.8, 4) is 0 Å². The molecule has 6 nitrogen and oxygen atoms in total. The fourth-order valence-corrected chi connectivity index (χ4v) is 4.29. The van der Waals surface area contributed by atoms with Crippen molar-refractivity contribution in [1.29, 1.82) is 0 Å². The minimum absolute atomic E-state index is 0.168. The van der Waals surface area contributed by atoms with Gasteiger partial charge in [-0.1, -0.05) is 25.1 Å². The van der Waals surface area contributed by atoms with Crippen LogP contribution < -0.4 is 26.4 Å². The van der Waals surface area contributed by atoms with Gasteiger partial charge in [0.15, 0.2) is 0 Å². The van der Waals surface area contributed by atoms with Gasteiger partial charge >= 0.3 is 0 Å². The maximum absolute atomic E-state index is 12.6. The minimum atomic E-state index is -0.442. The van der Waals surface area contributed by atoms with Crippen LogP contribution in [0.4, 0.5) is 17.1 Å². The molecule has 32 heavy (non-hydrogen) atoms. The van der Waals surface area contributed by atoms with E-state index in [0.717, 1.165) is 48.3 Å². The van der Waals surface area contributed by atoms with Crippen molar-refractivity contribution in [1.82, 2.24) is 0 Å². The molecule has 1 heterocycles. The molecule has 0 bridgehead atoms. The van der Waals surface area contributed by atoms with Gasteiger partial charge in [-0.3, -0.25) is 14.4 Å². The van der Waals surface area contributed by atoms with Crippen LogP contribution in [0.5, 0.6) is 0 Å². The number of piperidine rings is 1. The molecule has 166 valence electrons. The minimum Gasteiger partial charge on any atom is -0.376 e. The van der Waals surface area contributed by atoms with E-state index >= 15 is 0 Å². The lowest BCUT2D eigenvalue weighted by Crippen LogP contribution is -2.45. The highest BCUT2D eigenvalue weighted by Gasteiger charge is 2.28. The van der Waals surface area contributed by atoms with Crippen LogP contribution in [0, 0.1) is 19.8 Å². The number of aryl methyl sites for hydroxylation is 2. The maximum Gasteiger partial charge on any atom is 0.255 e. The van der Waals surface area contributed by atoms with Gasteiger partial charge < -0.3 is 15.5 Å². The second-order valence-corrected chi connectivity index (χ2v) is 8.93. The zero-order valence-corrected chi connectivity index (χ0v) is 18.8. The Morgan fingerprint density at radius 2 is 1.59 bits per heavy atom. The Morgan fingerprint density at radius 3 is 2.22 bits per heavy atom. The zero-order valence-electron chi connectivity index (χ0n) is 18.8. The van der Waals surface area contributed by atoms with Gasteiger partial charge in [-0.15, -0.1) is 0 Å². The Morgan fingerprint density at radius 1 is 0.969 bits per heavy atom. The average Bonchev–Trinajstić information content (AvgIpc) is 2.76. The Labute approximate surface area is 188 Å². The van der Waals surface area contributed by atoms with E-state index in [1.165, 1.54) is 0 Å². The molecule has 1 fully saturated rings. The zero-order chi connectivity index (χ0) is 22.8. The Balaban J connectivity index is 1.39. The number of anilines is 3. The Bertz CT molecular complexity index is 1180. The molecule has 6 heteroatoms. The summed E-state index contributed by atoms with van der Waals surface area (Å²) >= 11 is 0. The number of nitrogens with zero attached hydrogens (tertiary/aromatic N) is 1. The number of rotatable bonds is 6. The fraction of sp³-hybridized carbons (Fsp3) is 0.346. The maximum atomic E-state index is 12.6. The van der Waals surface area contributed by atoms with E-state index in [4.69, 9.17) is 0 Å². The molecule has 0 spiro atoms. The highest BCUT2D eigenvalue weighted by Crippen LogP contribution is 2.26. The molecule has 1 amide bonds. The quantitative estimate of drug-likeness (QED) is 0.577. The summed E-state index contributed by atoms with van der Waals surface area (Å²) in [6.45, 7) is 8.25. The second-order valence-electron chi connectivity index (χ2n) is 8.93. The molecular formula is C26H29N3O3. The summed E-state index contributed by atoms with van der Waals surface area (Å²) in [7, 11) is 0. The van der Waals surface area contributed by atoms with Gasteiger partial charge in [0.25, 0.3) is 16.8 Å². The van der Waals surface area contributed by atoms with Gasteiger partial charge in [0, 0.05) is 30.9 Å². The summed E-state index contributed by atoms with van der Waals surface area (Å²) in [5.74, 6) is 0.485. The first-order valence-corrected chi connectivity index (χ1v) is 11.1. The normalized spacial score (nSPS) is 14.5. The molecule has 3 aromatic rings. The molecule has 1 aliphatic heterocycles. The van der Waals surface area contributed by atoms with E-state index in [1.807, 2.05) is 43.0 Å². The smallest absolute Gasteiger partial charge is 0.255 e. The van der Waals surface area contributed by atoms with Crippen LogP contribution in [0.1, 0.15) is 46.8 Å². The molecule has 1 saturated heterocycles. The molecule has 0 aromatic heterocycles. The average molecular weight is 432 g/mol. The number of hydrogen-bond acceptors (Lipinski definition) is 5. The largest absolute Gasteiger partial charge is 0.376 e. The van der Waals surface area contributed by atoms with Gasteiger partial charge in [0.05, 0.1) is 0 Å². The molecule has 0 radical (unpaired) electrons. The van der Waals surface area contributed by atoms with Crippen molar-refractivity contribution in [2.24, 2.45) is 5.92 Å². The predicted molar refractivity (Wildman–Crippen MR) is 130 cm³/mol. The van der Waals surface area contributed by atoms with E-state index in [2.05, 4.69) is 23.6 Å². The van der Waals surface area contributed by atoms with E-state index in [1.54, 1.807) is 12.1 Å². The van der Waals surface area contributed by atoms with Crippen LogP contribution in [0.25, 0.3) is 0 Å². The summed E-state index contributed by atoms with van der Waals surface area (Å²) in [5, 5.41) is 6.08. The fourth-order valence-electron chi connectivity index (χ4n) is 4.29. The first-order chi connectivity index (χ1) is 15.3. The van der Waals surface area contributed by atoms with Gasteiger partial charge in [0.2, 0.25) is 0 Å². The van der Waals surface area contributed by atoms with Crippen LogP contribution in [0.3, 0.4) is 0 Å². The van der Waals surface area contributed by atoms with E-state index in [9.17, 15) is 14.4 Å². The van der Waals surface area contributed by atoms with E-state index in [-0.39, 0.29) is 11.3 Å². The molecule has 2 N–H and O–H groups in total. The number of benzene rings is 2. The van der Waals surface area contributed by atoms with Crippen LogP contribution in [0.2, 0.25) is 0 Å². The van der Waals surface area contributed by atoms with Crippen LogP contribution in [0.15, 0.2) is 52.1 Å². The summed E-state index contributed by atoms with van der Waals surface area (Å²) in [6, 6.07) is 13.2. The lowest BCUT2D eigenvalue weighted by molar-refractivity contribution is 0.102. The number of carbonyl (C=O) groups excluding carboxylic acids is 1. The predicted octanol–water partition coefficient (Wildman–Crippen LogP) is 4.00. The van der Waals surface area contributed by atoms with Gasteiger partial charge in [-0.2, -0.15) is 0 Å². The van der Waals surface area contributed by atoms with Crippen molar-refractivity contribution in [3.05, 3.63) is 85.2 Å². The van der Waals surface area contributed by atoms with E-state index < -0.39 is 5.43 Å². The Kier molecular flexibility index (Phi) is 6.12. The molecular weight excluding hydrogens is 402 g/mol. The Hall–Kier alpha value is -3.41. The number of carbonyl (C=O) groups is 1. The highest BCUT2D eigenvalue weighted by atomic mass is 16.2. The van der Waals surface area contributed by atoms with Gasteiger partial charge in [0.1, 0.15) is 11.4 Å². The molecule has 1 aliphatic rings. The summed E-state index contributed by atoms with van der Waals surface area (Å²) < 4.78 is 0. The molecule has 0 atom stereocenters. The van der Waals surface area contributed by atoms with Gasteiger partial charge in [-0.05, 0) is 73.6 Å². The number of hydrogen-bond donors (Lipinski definition) is 2. The molecule has 0 saturated carbocycles. The second kappa shape index (κ2) is 8.99. The monoisotopic (exact) mass is 431 g/mol. The SMILES string of the molecule is Cc1cc(C)cc(NC(=O)c2ccc(CNc3c(N4CCC(C)CC4)c(=O)c3=O)cc2)c1. The lowest BCUT2D eigenvalue weighted by atomic mass is 9.98. The van der Waals surface area contributed by atoms with Crippen LogP contribution >= 0.6 is 0 Å². The lowest BCUT2D eigenvalue weighted by Gasteiger charge is -2.33. The number of nitrogens with one attached hydrogen (secondary N) is 2. The summed E-state index contributed by atoms with van der Waals surface area (Å²) in [5.41, 5.74) is 4.58. The van der Waals surface area contributed by atoms with Crippen molar-refractivity contribution in [3.63, 3.8) is 0 Å². The topological polar surface area (TPSA) is 78.5 Å². The summed E-state index contributed by atoms with van der Waals surface area (Å²) in [6.07, 6.45) is 2.06. The van der Waals surface area contributed by atoms with Crippen LogP contribution in [-0.2, 0) is 6.54 Å². The van der Waals surface area contributed by atoms with E-state index in [0.29, 0.717) is 29.4 Å². The van der Waals surface area contributed by atoms with Crippen molar-refractivity contribution in [2.75, 3.05) is 28.6 Å². The molecule has 0 unspecified atom stereocenters. The van der Waals surface area contributed by atoms with Gasteiger partial charge in [-0.25, -0.2) is 0 Å². The third-order valence-electron chi connectivity index (χ3n) is 6.15. The van der Waals surface area contributed by atoms with Crippen molar-refractivity contribution >= 4 is 23.0 Å². The summed E-state index contributed by atoms with van der Waals surface area (Å²) in [4.78, 5) is 38.9. The third kappa shape index (κ3) is 4.59. The third-order valence-corrected chi connectivity index (χ3v) is 6.15. The number of amides is 1. The van der Waals surface area contributed by atoms with Crippen molar-refractivity contribution < 1.29 is 4.79 Å². The molecule has 4 rings (SSSR count). The first kappa shape index (κ1) is 21.8. The van der Waals surface area contributed by atoms with Crippen molar-refractivity contribution in [2.45, 2.75) is 40.2 Å². The van der Waals surface area contributed by atoms with Crippen LogP contribution in [-0.4, -0.2) is 19.0 Å². The molecule has 3 aromatic carbocycles. The first-order valence-electron chi connectivity index (χ1n) is 11.1. The standard InChI is InChI=1S/C26H29N3O3/c1-16-8-10-29(11-9-16)23-22(24(30)25(23)31)27-15-19-4-6-20(7-5-19)26(32)28-21-13-17(2)12-18(3)14-21/h4-7,12-14,16,27H,8-11,15H2,1-3H3,(H,28,32). The highest BCUT2D eigenvalue weighted by molar-refractivity contribution is 6.04. The molecule has 0 aliphatic carbocycles.